The van der Waals surface area contributed by atoms with Crippen LogP contribution in [-0.4, -0.2) is 46.9 Å². The van der Waals surface area contributed by atoms with Crippen LogP contribution in [0.25, 0.3) is 0 Å². The Balaban J connectivity index is 5.53. The lowest BCUT2D eigenvalue weighted by molar-refractivity contribution is -0.158. The summed E-state index contributed by atoms with van der Waals surface area (Å²) in [5, 5.41) is 9.33. The van der Waals surface area contributed by atoms with Gasteiger partial charge < -0.3 is 9.84 Å². The van der Waals surface area contributed by atoms with Crippen molar-refractivity contribution in [2.45, 2.75) is 52.0 Å². The maximum Gasteiger partial charge on any atom is 0.327 e. The Hall–Kier alpha value is -2.44. The highest BCUT2D eigenvalue weighted by Gasteiger charge is 2.34. The van der Waals surface area contributed by atoms with E-state index in [0.29, 0.717) is 17.7 Å². The van der Waals surface area contributed by atoms with Gasteiger partial charge in [0, 0.05) is 0 Å². The lowest BCUT2D eigenvalue weighted by Gasteiger charge is -2.24. The molecule has 0 heterocycles. The van der Waals surface area contributed by atoms with Gasteiger partial charge in [0.15, 0.2) is 0 Å². The standard InChI is InChI=1S/C17H25NO6/c1-4-6-8-10-14(19)18(15(20)11-9-7-5-2)13(17(22)23)12-16(21)24-3/h8-11,13H,4-7,12H2,1-3H3,(H,22,23)/b10-8+,11-9+. The molecule has 2 amide bonds. The van der Waals surface area contributed by atoms with E-state index in [2.05, 4.69) is 4.74 Å². The highest BCUT2D eigenvalue weighted by atomic mass is 16.5. The zero-order valence-corrected chi connectivity index (χ0v) is 14.4. The number of amides is 2. The van der Waals surface area contributed by atoms with Crippen LogP contribution in [0.1, 0.15) is 46.0 Å². The summed E-state index contributed by atoms with van der Waals surface area (Å²) in [5.74, 6) is -3.81. The average Bonchev–Trinajstić information content (AvgIpc) is 2.54. The molecule has 1 unspecified atom stereocenters. The minimum absolute atomic E-state index is 0.581. The van der Waals surface area contributed by atoms with Crippen LogP contribution in [0, 0.1) is 0 Å². The number of allylic oxidation sites excluding steroid dienone is 2. The number of hydrogen-bond donors (Lipinski definition) is 1. The molecule has 0 aromatic carbocycles. The second-order valence-corrected chi connectivity index (χ2v) is 5.06. The van der Waals surface area contributed by atoms with Crippen LogP contribution in [0.5, 0.6) is 0 Å². The molecule has 0 aliphatic carbocycles. The third-order valence-electron chi connectivity index (χ3n) is 3.09. The molecular weight excluding hydrogens is 314 g/mol. The lowest BCUT2D eigenvalue weighted by atomic mass is 10.1. The minimum atomic E-state index is -1.62. The number of aliphatic carboxylic acids is 1. The number of unbranched alkanes of at least 4 members (excludes halogenated alkanes) is 2. The molecule has 7 nitrogen and oxygen atoms in total. The van der Waals surface area contributed by atoms with Crippen LogP contribution >= 0.6 is 0 Å². The summed E-state index contributed by atoms with van der Waals surface area (Å²) in [5.41, 5.74) is 0. The predicted octanol–water partition coefficient (Wildman–Crippen LogP) is 2.07. The monoisotopic (exact) mass is 339 g/mol. The lowest BCUT2D eigenvalue weighted by Crippen LogP contribution is -2.48. The van der Waals surface area contributed by atoms with Gasteiger partial charge in [0.2, 0.25) is 0 Å². The van der Waals surface area contributed by atoms with E-state index in [1.807, 2.05) is 13.8 Å². The first-order valence-corrected chi connectivity index (χ1v) is 7.88. The Morgan fingerprint density at radius 2 is 1.46 bits per heavy atom. The number of methoxy groups -OCH3 is 1. The first-order valence-electron chi connectivity index (χ1n) is 7.88. The first kappa shape index (κ1) is 21.6. The number of carboxylic acid groups (broad SMARTS) is 1. The topological polar surface area (TPSA) is 101 Å². The third-order valence-corrected chi connectivity index (χ3v) is 3.09. The van der Waals surface area contributed by atoms with E-state index in [-0.39, 0.29) is 0 Å². The summed E-state index contributed by atoms with van der Waals surface area (Å²) in [6, 6.07) is -1.62. The number of carbonyl (C=O) groups excluding carboxylic acids is 3. The number of esters is 1. The van der Waals surface area contributed by atoms with Gasteiger partial charge in [-0.15, -0.1) is 0 Å². The molecule has 7 heteroatoms. The molecule has 0 bridgehead atoms. The van der Waals surface area contributed by atoms with Gasteiger partial charge >= 0.3 is 11.9 Å². The van der Waals surface area contributed by atoms with Crippen molar-refractivity contribution < 1.29 is 29.0 Å². The van der Waals surface area contributed by atoms with E-state index in [1.165, 1.54) is 0 Å². The Kier molecular flexibility index (Phi) is 10.8. The van der Waals surface area contributed by atoms with Crippen molar-refractivity contribution in [1.29, 1.82) is 0 Å². The fourth-order valence-electron chi connectivity index (χ4n) is 1.81. The van der Waals surface area contributed by atoms with Crippen LogP contribution in [0.3, 0.4) is 0 Å². The van der Waals surface area contributed by atoms with E-state index in [9.17, 15) is 24.3 Å². The maximum atomic E-state index is 12.3. The molecule has 0 rings (SSSR count). The third kappa shape index (κ3) is 7.71. The molecular formula is C17H25NO6. The Bertz CT molecular complexity index is 481. The van der Waals surface area contributed by atoms with Gasteiger partial charge in [-0.05, 0) is 25.0 Å². The van der Waals surface area contributed by atoms with Crippen molar-refractivity contribution in [3.05, 3.63) is 24.3 Å². The van der Waals surface area contributed by atoms with Crippen molar-refractivity contribution in [2.24, 2.45) is 0 Å². The predicted molar refractivity (Wildman–Crippen MR) is 88.0 cm³/mol. The van der Waals surface area contributed by atoms with Crippen LogP contribution < -0.4 is 0 Å². The van der Waals surface area contributed by atoms with E-state index < -0.39 is 36.2 Å². The maximum absolute atomic E-state index is 12.3. The Morgan fingerprint density at radius 1 is 1.00 bits per heavy atom. The molecule has 1 N–H and O–H groups in total. The van der Waals surface area contributed by atoms with Crippen molar-refractivity contribution in [3.63, 3.8) is 0 Å². The van der Waals surface area contributed by atoms with Gasteiger partial charge in [0.05, 0.1) is 13.5 Å². The summed E-state index contributed by atoms with van der Waals surface area (Å²) in [6.45, 7) is 3.84. The van der Waals surface area contributed by atoms with Gasteiger partial charge in [0.25, 0.3) is 11.8 Å². The minimum Gasteiger partial charge on any atom is -0.480 e. The van der Waals surface area contributed by atoms with E-state index in [1.54, 1.807) is 12.2 Å². The highest BCUT2D eigenvalue weighted by molar-refractivity contribution is 6.08. The summed E-state index contributed by atoms with van der Waals surface area (Å²) >= 11 is 0. The second-order valence-electron chi connectivity index (χ2n) is 5.06. The quantitative estimate of drug-likeness (QED) is 0.483. The van der Waals surface area contributed by atoms with Crippen molar-refractivity contribution >= 4 is 23.8 Å². The zero-order valence-electron chi connectivity index (χ0n) is 14.4. The summed E-state index contributed by atoms with van der Waals surface area (Å²) < 4.78 is 4.45. The van der Waals surface area contributed by atoms with Crippen molar-refractivity contribution in [2.75, 3.05) is 7.11 Å². The van der Waals surface area contributed by atoms with Gasteiger partial charge in [-0.25, -0.2) is 4.79 Å². The number of carbonyl (C=O) groups is 4. The first-order chi connectivity index (χ1) is 11.4. The van der Waals surface area contributed by atoms with Crippen LogP contribution in [0.15, 0.2) is 24.3 Å². The van der Waals surface area contributed by atoms with Crippen molar-refractivity contribution in [1.82, 2.24) is 4.90 Å². The zero-order chi connectivity index (χ0) is 18.5. The Labute approximate surface area is 142 Å². The van der Waals surface area contributed by atoms with Crippen LogP contribution in [-0.2, 0) is 23.9 Å². The number of imide groups is 1. The van der Waals surface area contributed by atoms with E-state index >= 15 is 0 Å². The summed E-state index contributed by atoms with van der Waals surface area (Å²) in [7, 11) is 1.11. The normalized spacial score (nSPS) is 12.3. The van der Waals surface area contributed by atoms with Gasteiger partial charge in [0.1, 0.15) is 6.04 Å². The molecule has 1 atom stereocenters. The molecule has 0 spiro atoms. The fraction of sp³-hybridized carbons (Fsp3) is 0.529. The highest BCUT2D eigenvalue weighted by Crippen LogP contribution is 2.10. The largest absolute Gasteiger partial charge is 0.480 e. The van der Waals surface area contributed by atoms with Crippen molar-refractivity contribution in [3.8, 4) is 0 Å². The molecule has 0 aliphatic rings. The second kappa shape index (κ2) is 12.0. The van der Waals surface area contributed by atoms with Gasteiger partial charge in [-0.2, -0.15) is 0 Å². The molecule has 0 aromatic rings. The number of hydrogen-bond acceptors (Lipinski definition) is 5. The molecule has 0 aromatic heterocycles. The molecule has 0 fully saturated rings. The van der Waals surface area contributed by atoms with Gasteiger partial charge in [-0.1, -0.05) is 38.8 Å². The molecule has 0 radical (unpaired) electrons. The SMILES string of the molecule is CCC/C=C/C(=O)N(C(=O)/C=C/CCC)C(CC(=O)OC)C(=O)O. The molecule has 24 heavy (non-hydrogen) atoms. The summed E-state index contributed by atoms with van der Waals surface area (Å²) in [4.78, 5) is 48.0. The van der Waals surface area contributed by atoms with E-state index in [0.717, 1.165) is 32.1 Å². The fourth-order valence-corrected chi connectivity index (χ4v) is 1.81. The molecule has 0 aliphatic heterocycles. The summed E-state index contributed by atoms with van der Waals surface area (Å²) in [6.07, 6.45) is 7.68. The van der Waals surface area contributed by atoms with E-state index in [4.69, 9.17) is 0 Å². The van der Waals surface area contributed by atoms with Gasteiger partial charge in [-0.3, -0.25) is 19.3 Å². The average molecular weight is 339 g/mol. The molecule has 134 valence electrons. The smallest absolute Gasteiger partial charge is 0.327 e. The number of ether oxygens (including phenoxy) is 1. The molecule has 0 saturated carbocycles. The van der Waals surface area contributed by atoms with Crippen LogP contribution in [0.4, 0.5) is 0 Å². The number of carboxylic acids is 1. The number of rotatable bonds is 10. The van der Waals surface area contributed by atoms with Crippen LogP contribution in [0.2, 0.25) is 0 Å². The number of nitrogens with zero attached hydrogens (tertiary/aromatic N) is 1. The molecule has 0 saturated heterocycles. The Morgan fingerprint density at radius 3 is 1.79 bits per heavy atom.